The molecule has 1 fully saturated rings. The summed E-state index contributed by atoms with van der Waals surface area (Å²) in [5.41, 5.74) is 0.961. The van der Waals surface area contributed by atoms with Gasteiger partial charge in [0.15, 0.2) is 0 Å². The second-order valence-corrected chi connectivity index (χ2v) is 7.50. The van der Waals surface area contributed by atoms with Crippen molar-refractivity contribution < 1.29 is 8.42 Å². The van der Waals surface area contributed by atoms with Crippen LogP contribution in [0.1, 0.15) is 25.3 Å². The van der Waals surface area contributed by atoms with E-state index in [1.54, 1.807) is 18.2 Å². The number of sulfonamides is 1. The lowest BCUT2D eigenvalue weighted by atomic mass is 9.83. The summed E-state index contributed by atoms with van der Waals surface area (Å²) in [6, 6.07) is 7.00. The van der Waals surface area contributed by atoms with Crippen LogP contribution in [0.25, 0.3) is 0 Å². The molecule has 1 aliphatic heterocycles. The van der Waals surface area contributed by atoms with Gasteiger partial charge < -0.3 is 5.32 Å². The largest absolute Gasteiger partial charge is 0.316 e. The van der Waals surface area contributed by atoms with Gasteiger partial charge in [-0.1, -0.05) is 19.1 Å². The molecule has 2 N–H and O–H groups in total. The van der Waals surface area contributed by atoms with Crippen molar-refractivity contribution in [3.63, 3.8) is 0 Å². The van der Waals surface area contributed by atoms with Crippen molar-refractivity contribution in [3.8, 4) is 0 Å². The molecule has 0 aliphatic carbocycles. The molecule has 1 unspecified atom stereocenters. The second kappa shape index (κ2) is 6.89. The van der Waals surface area contributed by atoms with E-state index in [-0.39, 0.29) is 17.8 Å². The highest BCUT2D eigenvalue weighted by molar-refractivity contribution is 7.89. The van der Waals surface area contributed by atoms with Gasteiger partial charge in [-0.3, -0.25) is 0 Å². The Hall–Kier alpha value is -0.620. The minimum absolute atomic E-state index is 0. The maximum absolute atomic E-state index is 12.2. The predicted octanol–water partition coefficient (Wildman–Crippen LogP) is 2.08. The van der Waals surface area contributed by atoms with Crippen LogP contribution in [0.4, 0.5) is 0 Å². The third-order valence-corrected chi connectivity index (χ3v) is 5.07. The molecule has 0 amide bonds. The highest BCUT2D eigenvalue weighted by atomic mass is 35.5. The van der Waals surface area contributed by atoms with Gasteiger partial charge in [0.25, 0.3) is 0 Å². The zero-order chi connectivity index (χ0) is 13.9. The normalized spacial score (nSPS) is 23.1. The molecule has 114 valence electrons. The minimum atomic E-state index is -3.40. The molecule has 0 aromatic heterocycles. The van der Waals surface area contributed by atoms with Gasteiger partial charge in [-0.2, -0.15) is 0 Å². The van der Waals surface area contributed by atoms with Gasteiger partial charge in [-0.05, 0) is 49.4 Å². The first-order chi connectivity index (χ1) is 8.91. The van der Waals surface area contributed by atoms with Crippen LogP contribution in [-0.2, 0) is 10.0 Å². The van der Waals surface area contributed by atoms with Crippen LogP contribution in [0.3, 0.4) is 0 Å². The molecule has 1 aliphatic rings. The Kier molecular flexibility index (Phi) is 6.01. The van der Waals surface area contributed by atoms with Gasteiger partial charge in [0, 0.05) is 13.1 Å². The van der Waals surface area contributed by atoms with Crippen LogP contribution < -0.4 is 10.0 Å². The Morgan fingerprint density at radius 2 is 2.15 bits per heavy atom. The van der Waals surface area contributed by atoms with Crippen molar-refractivity contribution in [2.75, 3.05) is 19.6 Å². The number of piperidine rings is 1. The molecule has 0 bridgehead atoms. The number of nitrogens with one attached hydrogen (secondary N) is 2. The zero-order valence-electron chi connectivity index (χ0n) is 12.0. The number of halogens is 1. The Morgan fingerprint density at radius 1 is 1.40 bits per heavy atom. The van der Waals surface area contributed by atoms with E-state index in [0.717, 1.165) is 31.5 Å². The van der Waals surface area contributed by atoms with E-state index < -0.39 is 10.0 Å². The van der Waals surface area contributed by atoms with Gasteiger partial charge in [0.05, 0.1) is 4.90 Å². The fraction of sp³-hybridized carbons (Fsp3) is 0.571. The Morgan fingerprint density at radius 3 is 2.75 bits per heavy atom. The smallest absolute Gasteiger partial charge is 0.240 e. The predicted molar refractivity (Wildman–Crippen MR) is 83.8 cm³/mol. The van der Waals surface area contributed by atoms with Crippen molar-refractivity contribution in [1.82, 2.24) is 10.0 Å². The number of aryl methyl sites for hydroxylation is 1. The summed E-state index contributed by atoms with van der Waals surface area (Å²) in [5, 5.41) is 3.33. The van der Waals surface area contributed by atoms with Gasteiger partial charge in [0.2, 0.25) is 10.0 Å². The lowest BCUT2D eigenvalue weighted by Gasteiger charge is -2.34. The van der Waals surface area contributed by atoms with Crippen molar-refractivity contribution >= 4 is 22.4 Å². The maximum atomic E-state index is 12.2. The summed E-state index contributed by atoms with van der Waals surface area (Å²) in [6.07, 6.45) is 2.15. The fourth-order valence-corrected chi connectivity index (χ4v) is 3.71. The lowest BCUT2D eigenvalue weighted by Crippen LogP contribution is -2.45. The van der Waals surface area contributed by atoms with Gasteiger partial charge in [-0.15, -0.1) is 12.4 Å². The molecule has 6 heteroatoms. The Bertz CT molecular complexity index is 540. The first-order valence-electron chi connectivity index (χ1n) is 6.68. The third kappa shape index (κ3) is 4.45. The standard InChI is InChI=1S/C14H22N2O2S.ClH/c1-12-5-3-6-13(9-12)19(17,18)16-11-14(2)7-4-8-15-10-14;/h3,5-6,9,15-16H,4,7-8,10-11H2,1-2H3;1H. The van der Waals surface area contributed by atoms with Crippen molar-refractivity contribution in [2.24, 2.45) is 5.41 Å². The summed E-state index contributed by atoms with van der Waals surface area (Å²) in [4.78, 5) is 0.347. The van der Waals surface area contributed by atoms with Crippen LogP contribution in [0.5, 0.6) is 0 Å². The molecule has 0 saturated carbocycles. The molecule has 1 aromatic rings. The van der Waals surface area contributed by atoms with Crippen LogP contribution in [0, 0.1) is 12.3 Å². The number of hydrogen-bond donors (Lipinski definition) is 2. The first-order valence-corrected chi connectivity index (χ1v) is 8.17. The van der Waals surface area contributed by atoms with E-state index in [9.17, 15) is 8.42 Å². The molecule has 4 nitrogen and oxygen atoms in total. The molecule has 20 heavy (non-hydrogen) atoms. The number of benzene rings is 1. The summed E-state index contributed by atoms with van der Waals surface area (Å²) in [7, 11) is -3.40. The first kappa shape index (κ1) is 17.4. The average Bonchev–Trinajstić information content (AvgIpc) is 2.38. The van der Waals surface area contributed by atoms with E-state index in [2.05, 4.69) is 17.0 Å². The molecule has 1 heterocycles. The van der Waals surface area contributed by atoms with E-state index in [4.69, 9.17) is 0 Å². The van der Waals surface area contributed by atoms with Crippen LogP contribution in [-0.4, -0.2) is 28.1 Å². The molecule has 1 saturated heterocycles. The molecule has 2 rings (SSSR count). The molecule has 0 spiro atoms. The zero-order valence-corrected chi connectivity index (χ0v) is 13.6. The summed E-state index contributed by atoms with van der Waals surface area (Å²) < 4.78 is 27.2. The number of rotatable bonds is 4. The summed E-state index contributed by atoms with van der Waals surface area (Å²) >= 11 is 0. The monoisotopic (exact) mass is 318 g/mol. The van der Waals surface area contributed by atoms with Crippen LogP contribution in [0.2, 0.25) is 0 Å². The van der Waals surface area contributed by atoms with Crippen LogP contribution in [0.15, 0.2) is 29.2 Å². The van der Waals surface area contributed by atoms with Crippen LogP contribution >= 0.6 is 12.4 Å². The minimum Gasteiger partial charge on any atom is -0.316 e. The van der Waals surface area contributed by atoms with E-state index in [1.165, 1.54) is 0 Å². The van der Waals surface area contributed by atoms with Gasteiger partial charge in [0.1, 0.15) is 0 Å². The Balaban J connectivity index is 0.00000200. The van der Waals surface area contributed by atoms with Crippen molar-refractivity contribution in [2.45, 2.75) is 31.6 Å². The molecule has 0 radical (unpaired) electrons. The SMILES string of the molecule is Cc1cccc(S(=O)(=O)NCC2(C)CCCNC2)c1.Cl. The molecular weight excluding hydrogens is 296 g/mol. The quantitative estimate of drug-likeness (QED) is 0.893. The second-order valence-electron chi connectivity index (χ2n) is 5.73. The third-order valence-electron chi connectivity index (χ3n) is 3.67. The molecule has 1 aromatic carbocycles. The number of hydrogen-bond acceptors (Lipinski definition) is 3. The van der Waals surface area contributed by atoms with Gasteiger partial charge >= 0.3 is 0 Å². The topological polar surface area (TPSA) is 58.2 Å². The average molecular weight is 319 g/mol. The van der Waals surface area contributed by atoms with Crippen molar-refractivity contribution in [3.05, 3.63) is 29.8 Å². The molecule has 1 atom stereocenters. The molecular formula is C14H23ClN2O2S. The summed E-state index contributed by atoms with van der Waals surface area (Å²) in [5.74, 6) is 0. The highest BCUT2D eigenvalue weighted by Gasteiger charge is 2.28. The van der Waals surface area contributed by atoms with E-state index in [1.807, 2.05) is 13.0 Å². The van der Waals surface area contributed by atoms with E-state index >= 15 is 0 Å². The highest BCUT2D eigenvalue weighted by Crippen LogP contribution is 2.25. The van der Waals surface area contributed by atoms with Gasteiger partial charge in [-0.25, -0.2) is 13.1 Å². The van der Waals surface area contributed by atoms with E-state index in [0.29, 0.717) is 11.4 Å². The van der Waals surface area contributed by atoms with Crippen molar-refractivity contribution in [1.29, 1.82) is 0 Å². The lowest BCUT2D eigenvalue weighted by molar-refractivity contribution is 0.238. The fourth-order valence-electron chi connectivity index (χ4n) is 2.40. The maximum Gasteiger partial charge on any atom is 0.240 e. The Labute approximate surface area is 127 Å². The summed E-state index contributed by atoms with van der Waals surface area (Å²) in [6.45, 7) is 6.39.